The van der Waals surface area contributed by atoms with Crippen LogP contribution in [0.2, 0.25) is 0 Å². The highest BCUT2D eigenvalue weighted by Crippen LogP contribution is 2.38. The van der Waals surface area contributed by atoms with Gasteiger partial charge in [-0.2, -0.15) is 0 Å². The fraction of sp³-hybridized carbons (Fsp3) is 0.433. The van der Waals surface area contributed by atoms with E-state index in [9.17, 15) is 9.90 Å². The molecule has 188 valence electrons. The number of hydrogen-bond donors (Lipinski definition) is 3. The highest BCUT2D eigenvalue weighted by molar-refractivity contribution is 7.80. The molecule has 0 aromatic heterocycles. The van der Waals surface area contributed by atoms with Crippen LogP contribution in [-0.4, -0.2) is 24.2 Å². The number of thiol groups is 1. The van der Waals surface area contributed by atoms with Crippen LogP contribution in [0, 0.1) is 0 Å². The molecule has 0 atom stereocenters. The Hall–Kier alpha value is -2.66. The van der Waals surface area contributed by atoms with Gasteiger partial charge in [0.1, 0.15) is 11.5 Å². The summed E-state index contributed by atoms with van der Waals surface area (Å²) in [4.78, 5) is 13.4. The van der Waals surface area contributed by atoms with Gasteiger partial charge in [0.15, 0.2) is 0 Å². The Morgan fingerprint density at radius 2 is 1.63 bits per heavy atom. The van der Waals surface area contributed by atoms with Gasteiger partial charge in [-0.05, 0) is 53.2 Å². The van der Waals surface area contributed by atoms with Crippen molar-refractivity contribution in [2.24, 2.45) is 0 Å². The number of ether oxygens (including phenoxy) is 1. The van der Waals surface area contributed by atoms with E-state index in [4.69, 9.17) is 4.74 Å². The van der Waals surface area contributed by atoms with Crippen molar-refractivity contribution in [1.82, 2.24) is 5.32 Å². The zero-order valence-electron chi connectivity index (χ0n) is 21.9. The highest BCUT2D eigenvalue weighted by atomic mass is 32.1. The van der Waals surface area contributed by atoms with Crippen LogP contribution in [0.1, 0.15) is 82.3 Å². The summed E-state index contributed by atoms with van der Waals surface area (Å²) in [6.07, 6.45) is 2.74. The third-order valence-electron chi connectivity index (χ3n) is 7.36. The van der Waals surface area contributed by atoms with Gasteiger partial charge in [0.2, 0.25) is 0 Å². The van der Waals surface area contributed by atoms with Crippen molar-refractivity contribution in [1.29, 1.82) is 0 Å². The summed E-state index contributed by atoms with van der Waals surface area (Å²) in [5.74, 6) is 0.571. The van der Waals surface area contributed by atoms with Crippen LogP contribution in [0.4, 0.5) is 0 Å². The van der Waals surface area contributed by atoms with Crippen LogP contribution in [-0.2, 0) is 10.8 Å². The molecule has 1 amide bonds. The standard InChI is InChI=1S/C30H39NO3S/c1-7-29(3,4)20-14-15-25(24(18-20)30(5,6)8-2)34-17-11-16-31-28(33)23-19-26(35)21-12-9-10-13-22(21)27(23)32/h9-10,12-15,18-19,32,35H,7-8,11,16-17H2,1-6H3,(H,31,33). The van der Waals surface area contributed by atoms with Gasteiger partial charge in [-0.1, -0.05) is 77.9 Å². The zero-order chi connectivity index (χ0) is 25.8. The van der Waals surface area contributed by atoms with Crippen molar-refractivity contribution in [3.8, 4) is 11.5 Å². The Balaban J connectivity index is 1.65. The number of carbonyl (C=O) groups is 1. The highest BCUT2D eigenvalue weighted by Gasteiger charge is 2.26. The fourth-order valence-electron chi connectivity index (χ4n) is 4.07. The molecule has 0 aliphatic carbocycles. The lowest BCUT2D eigenvalue weighted by atomic mass is 9.76. The van der Waals surface area contributed by atoms with E-state index in [1.807, 2.05) is 18.2 Å². The van der Waals surface area contributed by atoms with E-state index < -0.39 is 0 Å². The molecule has 0 spiro atoms. The van der Waals surface area contributed by atoms with E-state index in [2.05, 4.69) is 77.7 Å². The number of benzene rings is 3. The van der Waals surface area contributed by atoms with E-state index in [-0.39, 0.29) is 28.1 Å². The smallest absolute Gasteiger partial charge is 0.255 e. The number of phenolic OH excluding ortho intramolecular Hbond substituents is 1. The van der Waals surface area contributed by atoms with Crippen molar-refractivity contribution in [2.75, 3.05) is 13.2 Å². The number of aromatic hydroxyl groups is 1. The molecule has 0 saturated heterocycles. The molecule has 0 radical (unpaired) electrons. The quantitative estimate of drug-likeness (QED) is 0.204. The molecular formula is C30H39NO3S. The number of amides is 1. The Morgan fingerprint density at radius 1 is 0.971 bits per heavy atom. The largest absolute Gasteiger partial charge is 0.506 e. The summed E-state index contributed by atoms with van der Waals surface area (Å²) < 4.78 is 6.20. The van der Waals surface area contributed by atoms with E-state index >= 15 is 0 Å². The molecular weight excluding hydrogens is 454 g/mol. The number of phenols is 1. The minimum Gasteiger partial charge on any atom is -0.506 e. The molecule has 0 bridgehead atoms. The normalized spacial score (nSPS) is 12.1. The number of hydrogen-bond acceptors (Lipinski definition) is 4. The number of nitrogens with one attached hydrogen (secondary N) is 1. The van der Waals surface area contributed by atoms with E-state index in [0.29, 0.717) is 29.9 Å². The Bertz CT molecular complexity index is 1200. The molecule has 3 aromatic carbocycles. The fourth-order valence-corrected chi connectivity index (χ4v) is 4.39. The van der Waals surface area contributed by atoms with Crippen molar-refractivity contribution in [3.63, 3.8) is 0 Å². The lowest BCUT2D eigenvalue weighted by molar-refractivity contribution is 0.0949. The maximum absolute atomic E-state index is 12.7. The second kappa shape index (κ2) is 10.9. The van der Waals surface area contributed by atoms with Gasteiger partial charge in [-0.3, -0.25) is 4.79 Å². The van der Waals surface area contributed by atoms with Gasteiger partial charge in [0, 0.05) is 22.4 Å². The van der Waals surface area contributed by atoms with Crippen molar-refractivity contribution in [3.05, 3.63) is 65.2 Å². The van der Waals surface area contributed by atoms with E-state index in [0.717, 1.165) is 24.0 Å². The maximum atomic E-state index is 12.7. The average Bonchev–Trinajstić information content (AvgIpc) is 2.85. The first kappa shape index (κ1) is 26.9. The van der Waals surface area contributed by atoms with Crippen molar-refractivity contribution in [2.45, 2.75) is 76.5 Å². The zero-order valence-corrected chi connectivity index (χ0v) is 22.8. The van der Waals surface area contributed by atoms with Crippen LogP contribution in [0.5, 0.6) is 11.5 Å². The molecule has 0 fully saturated rings. The molecule has 5 heteroatoms. The number of rotatable bonds is 10. The van der Waals surface area contributed by atoms with Crippen LogP contribution in [0.3, 0.4) is 0 Å². The summed E-state index contributed by atoms with van der Waals surface area (Å²) in [7, 11) is 0. The first-order valence-corrected chi connectivity index (χ1v) is 13.0. The van der Waals surface area contributed by atoms with Crippen molar-refractivity contribution >= 4 is 29.3 Å². The SMILES string of the molecule is CCC(C)(C)c1ccc(OCCCNC(=O)c2cc(S)c3ccccc3c2O)c(C(C)(C)CC)c1. The number of carbonyl (C=O) groups excluding carboxylic acids is 1. The monoisotopic (exact) mass is 493 g/mol. The minimum absolute atomic E-state index is 0.00155. The number of fused-ring (bicyclic) bond motifs is 1. The summed E-state index contributed by atoms with van der Waals surface area (Å²) in [5, 5.41) is 14.9. The van der Waals surface area contributed by atoms with Gasteiger partial charge in [-0.15, -0.1) is 12.6 Å². The molecule has 4 nitrogen and oxygen atoms in total. The molecule has 0 heterocycles. The molecule has 3 rings (SSSR count). The predicted octanol–water partition coefficient (Wildman–Crippen LogP) is 7.41. The first-order chi connectivity index (χ1) is 16.5. The summed E-state index contributed by atoms with van der Waals surface area (Å²) >= 11 is 4.49. The third-order valence-corrected chi connectivity index (χ3v) is 7.73. The van der Waals surface area contributed by atoms with Crippen LogP contribution >= 0.6 is 12.6 Å². The summed E-state index contributed by atoms with van der Waals surface area (Å²) in [5.41, 5.74) is 2.90. The molecule has 2 N–H and O–H groups in total. The average molecular weight is 494 g/mol. The van der Waals surface area contributed by atoms with Crippen LogP contribution in [0.15, 0.2) is 53.4 Å². The molecule has 3 aromatic rings. The van der Waals surface area contributed by atoms with Crippen LogP contribution < -0.4 is 10.1 Å². The first-order valence-electron chi connectivity index (χ1n) is 12.5. The van der Waals surface area contributed by atoms with Crippen LogP contribution in [0.25, 0.3) is 10.8 Å². The molecule has 0 aliphatic rings. The van der Waals surface area contributed by atoms with Gasteiger partial charge in [-0.25, -0.2) is 0 Å². The Labute approximate surface area is 215 Å². The maximum Gasteiger partial charge on any atom is 0.255 e. The lowest BCUT2D eigenvalue weighted by Crippen LogP contribution is -2.26. The second-order valence-corrected chi connectivity index (χ2v) is 11.0. The Morgan fingerprint density at radius 3 is 2.29 bits per heavy atom. The van der Waals surface area contributed by atoms with Gasteiger partial charge < -0.3 is 15.2 Å². The second-order valence-electron chi connectivity index (χ2n) is 10.5. The molecule has 35 heavy (non-hydrogen) atoms. The minimum atomic E-state index is -0.317. The summed E-state index contributed by atoms with van der Waals surface area (Å²) in [6, 6.07) is 15.6. The van der Waals surface area contributed by atoms with Gasteiger partial charge in [0.05, 0.1) is 12.2 Å². The topological polar surface area (TPSA) is 58.6 Å². The Kier molecular flexibility index (Phi) is 8.42. The van der Waals surface area contributed by atoms with E-state index in [1.165, 1.54) is 11.1 Å². The predicted molar refractivity (Wildman–Crippen MR) is 148 cm³/mol. The van der Waals surface area contributed by atoms with Gasteiger partial charge in [0.25, 0.3) is 5.91 Å². The summed E-state index contributed by atoms with van der Waals surface area (Å²) in [6.45, 7) is 14.4. The van der Waals surface area contributed by atoms with Gasteiger partial charge >= 0.3 is 0 Å². The molecule has 0 aliphatic heterocycles. The molecule has 0 unspecified atom stereocenters. The van der Waals surface area contributed by atoms with E-state index in [1.54, 1.807) is 12.1 Å². The third kappa shape index (κ3) is 5.95. The van der Waals surface area contributed by atoms with Crippen molar-refractivity contribution < 1.29 is 14.6 Å². The molecule has 0 saturated carbocycles. The lowest BCUT2D eigenvalue weighted by Gasteiger charge is -2.30.